The van der Waals surface area contributed by atoms with Crippen LogP contribution >= 0.6 is 0 Å². The van der Waals surface area contributed by atoms with Crippen LogP contribution in [-0.4, -0.2) is 50.8 Å². The Balaban J connectivity index is 2.24. The lowest BCUT2D eigenvalue weighted by molar-refractivity contribution is 0.140. The molecule has 1 saturated carbocycles. The largest absolute Gasteiger partial charge is 0.383 e. The lowest BCUT2D eigenvalue weighted by Gasteiger charge is -2.25. The summed E-state index contributed by atoms with van der Waals surface area (Å²) >= 11 is 0. The summed E-state index contributed by atoms with van der Waals surface area (Å²) in [5.74, 6) is 0. The molecule has 0 bridgehead atoms. The number of nitrogens with zero attached hydrogens (tertiary/aromatic N) is 1. The minimum absolute atomic E-state index is 0.477. The normalized spacial score (nSPS) is 19.4. The van der Waals surface area contributed by atoms with E-state index < -0.39 is 0 Å². The van der Waals surface area contributed by atoms with Gasteiger partial charge in [-0.25, -0.2) is 0 Å². The molecular weight excluding hydrogens is 164 g/mol. The zero-order chi connectivity index (χ0) is 9.68. The first kappa shape index (κ1) is 11.0. The van der Waals surface area contributed by atoms with Gasteiger partial charge in [-0.1, -0.05) is 6.92 Å². The fourth-order valence-electron chi connectivity index (χ4n) is 1.69. The van der Waals surface area contributed by atoms with Crippen LogP contribution in [0.1, 0.15) is 19.8 Å². The van der Waals surface area contributed by atoms with Gasteiger partial charge in [-0.15, -0.1) is 0 Å². The number of likely N-dealkylation sites (N-methyl/N-ethyl adjacent to an activating group) is 2. The molecule has 1 fully saturated rings. The van der Waals surface area contributed by atoms with Gasteiger partial charge in [-0.05, 0) is 26.4 Å². The Morgan fingerprint density at radius 3 is 2.62 bits per heavy atom. The van der Waals surface area contributed by atoms with E-state index in [1.807, 2.05) is 7.05 Å². The van der Waals surface area contributed by atoms with E-state index in [1.165, 1.54) is 12.8 Å². The number of ether oxygens (including phenoxy) is 1. The smallest absolute Gasteiger partial charge is 0.0628 e. The first-order valence-corrected chi connectivity index (χ1v) is 5.22. The predicted octanol–water partition coefficient (Wildman–Crippen LogP) is 0.705. The van der Waals surface area contributed by atoms with Crippen LogP contribution in [-0.2, 0) is 4.74 Å². The maximum atomic E-state index is 5.15. The van der Waals surface area contributed by atoms with Crippen molar-refractivity contribution in [2.75, 3.05) is 33.9 Å². The Kier molecular flexibility index (Phi) is 4.70. The van der Waals surface area contributed by atoms with Gasteiger partial charge >= 0.3 is 0 Å². The second-order valence-corrected chi connectivity index (χ2v) is 3.76. The van der Waals surface area contributed by atoms with Crippen molar-refractivity contribution in [2.45, 2.75) is 31.8 Å². The van der Waals surface area contributed by atoms with Crippen LogP contribution in [0.25, 0.3) is 0 Å². The van der Waals surface area contributed by atoms with Crippen LogP contribution in [0.3, 0.4) is 0 Å². The van der Waals surface area contributed by atoms with Crippen molar-refractivity contribution in [1.29, 1.82) is 0 Å². The molecular formula is C10H22N2O. The van der Waals surface area contributed by atoms with Crippen molar-refractivity contribution < 1.29 is 4.74 Å². The van der Waals surface area contributed by atoms with E-state index in [0.717, 1.165) is 25.7 Å². The summed E-state index contributed by atoms with van der Waals surface area (Å²) < 4.78 is 5.15. The van der Waals surface area contributed by atoms with Crippen LogP contribution in [0.4, 0.5) is 0 Å². The number of nitrogens with one attached hydrogen (secondary N) is 1. The van der Waals surface area contributed by atoms with E-state index in [2.05, 4.69) is 17.1 Å². The van der Waals surface area contributed by atoms with Crippen molar-refractivity contribution in [3.63, 3.8) is 0 Å². The Labute approximate surface area is 81.4 Å². The van der Waals surface area contributed by atoms with Gasteiger partial charge in [0.1, 0.15) is 0 Å². The molecule has 1 unspecified atom stereocenters. The highest BCUT2D eigenvalue weighted by Gasteiger charge is 2.28. The fraction of sp³-hybridized carbons (Fsp3) is 1.00. The van der Waals surface area contributed by atoms with Gasteiger partial charge in [-0.2, -0.15) is 0 Å². The van der Waals surface area contributed by atoms with E-state index in [1.54, 1.807) is 7.11 Å². The molecule has 1 atom stereocenters. The van der Waals surface area contributed by atoms with Gasteiger partial charge in [-0.3, -0.25) is 4.90 Å². The van der Waals surface area contributed by atoms with Gasteiger partial charge < -0.3 is 10.1 Å². The van der Waals surface area contributed by atoms with Gasteiger partial charge in [0.05, 0.1) is 6.61 Å². The Morgan fingerprint density at radius 1 is 1.54 bits per heavy atom. The number of hydrogen-bond acceptors (Lipinski definition) is 3. The highest BCUT2D eigenvalue weighted by molar-refractivity contribution is 4.86. The van der Waals surface area contributed by atoms with Crippen LogP contribution < -0.4 is 5.32 Å². The molecule has 0 amide bonds. The second kappa shape index (κ2) is 5.58. The van der Waals surface area contributed by atoms with Gasteiger partial charge in [0, 0.05) is 25.7 Å². The van der Waals surface area contributed by atoms with E-state index >= 15 is 0 Å². The average molecular weight is 186 g/mol. The third-order valence-corrected chi connectivity index (χ3v) is 2.70. The summed E-state index contributed by atoms with van der Waals surface area (Å²) in [5.41, 5.74) is 0. The fourth-order valence-corrected chi connectivity index (χ4v) is 1.69. The molecule has 3 heteroatoms. The SMILES string of the molecule is CCN(CC(COC)NC)C1CC1. The van der Waals surface area contributed by atoms with Crippen LogP contribution in [0, 0.1) is 0 Å². The Hall–Kier alpha value is -0.120. The van der Waals surface area contributed by atoms with Crippen molar-refractivity contribution in [1.82, 2.24) is 10.2 Å². The third kappa shape index (κ3) is 3.63. The molecule has 0 saturated heterocycles. The first-order chi connectivity index (χ1) is 6.31. The number of methoxy groups -OCH3 is 1. The van der Waals surface area contributed by atoms with Crippen molar-refractivity contribution >= 4 is 0 Å². The van der Waals surface area contributed by atoms with Crippen LogP contribution in [0.2, 0.25) is 0 Å². The second-order valence-electron chi connectivity index (χ2n) is 3.76. The Morgan fingerprint density at radius 2 is 2.23 bits per heavy atom. The van der Waals surface area contributed by atoms with Crippen molar-refractivity contribution in [3.05, 3.63) is 0 Å². The molecule has 0 aromatic carbocycles. The third-order valence-electron chi connectivity index (χ3n) is 2.70. The molecule has 1 aliphatic rings. The molecule has 0 heterocycles. The molecule has 1 aliphatic carbocycles. The number of hydrogen-bond donors (Lipinski definition) is 1. The minimum atomic E-state index is 0.477. The topological polar surface area (TPSA) is 24.5 Å². The summed E-state index contributed by atoms with van der Waals surface area (Å²) in [6.07, 6.45) is 2.77. The molecule has 0 radical (unpaired) electrons. The molecule has 1 rings (SSSR count). The average Bonchev–Trinajstić information content (AvgIpc) is 2.95. The van der Waals surface area contributed by atoms with Crippen molar-refractivity contribution in [2.24, 2.45) is 0 Å². The maximum Gasteiger partial charge on any atom is 0.0628 e. The summed E-state index contributed by atoms with van der Waals surface area (Å²) in [4.78, 5) is 2.54. The molecule has 1 N–H and O–H groups in total. The molecule has 0 aromatic heterocycles. The lowest BCUT2D eigenvalue weighted by atomic mass is 10.3. The van der Waals surface area contributed by atoms with E-state index in [9.17, 15) is 0 Å². The number of rotatable bonds is 7. The lowest BCUT2D eigenvalue weighted by Crippen LogP contribution is -2.43. The highest BCUT2D eigenvalue weighted by Crippen LogP contribution is 2.26. The summed E-state index contributed by atoms with van der Waals surface area (Å²) in [6.45, 7) is 5.32. The van der Waals surface area contributed by atoms with E-state index in [4.69, 9.17) is 4.74 Å². The van der Waals surface area contributed by atoms with Gasteiger partial charge in [0.2, 0.25) is 0 Å². The van der Waals surface area contributed by atoms with E-state index in [0.29, 0.717) is 6.04 Å². The predicted molar refractivity (Wildman–Crippen MR) is 55.0 cm³/mol. The first-order valence-electron chi connectivity index (χ1n) is 5.22. The summed E-state index contributed by atoms with van der Waals surface area (Å²) in [7, 11) is 3.77. The maximum absolute atomic E-state index is 5.15. The minimum Gasteiger partial charge on any atom is -0.383 e. The van der Waals surface area contributed by atoms with Crippen LogP contribution in [0.5, 0.6) is 0 Å². The zero-order valence-corrected chi connectivity index (χ0v) is 9.05. The molecule has 3 nitrogen and oxygen atoms in total. The monoisotopic (exact) mass is 186 g/mol. The van der Waals surface area contributed by atoms with Gasteiger partial charge in [0.25, 0.3) is 0 Å². The summed E-state index contributed by atoms with van der Waals surface area (Å²) in [6, 6.07) is 1.34. The van der Waals surface area contributed by atoms with Gasteiger partial charge in [0.15, 0.2) is 0 Å². The van der Waals surface area contributed by atoms with Crippen LogP contribution in [0.15, 0.2) is 0 Å². The molecule has 0 aliphatic heterocycles. The molecule has 78 valence electrons. The Bertz CT molecular complexity index is 137. The standard InChI is InChI=1S/C10H22N2O/c1-4-12(10-5-6-10)7-9(11-2)8-13-3/h9-11H,4-8H2,1-3H3. The molecule has 0 spiro atoms. The molecule has 0 aromatic rings. The quantitative estimate of drug-likeness (QED) is 0.633. The van der Waals surface area contributed by atoms with Crippen molar-refractivity contribution in [3.8, 4) is 0 Å². The zero-order valence-electron chi connectivity index (χ0n) is 9.05. The molecule has 13 heavy (non-hydrogen) atoms. The highest BCUT2D eigenvalue weighted by atomic mass is 16.5. The van der Waals surface area contributed by atoms with E-state index in [-0.39, 0.29) is 0 Å². The summed E-state index contributed by atoms with van der Waals surface area (Å²) in [5, 5.41) is 3.28.